The van der Waals surface area contributed by atoms with E-state index in [0.717, 1.165) is 35.3 Å². The van der Waals surface area contributed by atoms with Crippen LogP contribution >= 0.6 is 0 Å². The number of hydrogen-bond donors (Lipinski definition) is 0. The van der Waals surface area contributed by atoms with Crippen LogP contribution in [-0.2, 0) is 4.74 Å². The minimum absolute atomic E-state index is 0.648. The van der Waals surface area contributed by atoms with Gasteiger partial charge >= 0.3 is 0 Å². The molecule has 2 fully saturated rings. The second-order valence-electron chi connectivity index (χ2n) is 7.29. The fourth-order valence-corrected chi connectivity index (χ4v) is 5.34. The molecule has 2 aliphatic carbocycles. The van der Waals surface area contributed by atoms with Gasteiger partial charge in [-0.15, -0.1) is 0 Å². The highest BCUT2D eigenvalue weighted by atomic mass is 16.5. The Kier molecular flexibility index (Phi) is 3.07. The van der Waals surface area contributed by atoms with Gasteiger partial charge in [0.1, 0.15) is 5.76 Å². The Morgan fingerprint density at radius 2 is 1.58 bits per heavy atom. The normalized spacial score (nSPS) is 46.0. The maximum Gasteiger partial charge on any atom is 0.101 e. The van der Waals surface area contributed by atoms with Crippen molar-refractivity contribution in [3.63, 3.8) is 0 Å². The van der Waals surface area contributed by atoms with Gasteiger partial charge < -0.3 is 4.74 Å². The summed E-state index contributed by atoms with van der Waals surface area (Å²) in [5.74, 6) is 7.16. The summed E-state index contributed by atoms with van der Waals surface area (Å²) in [5.41, 5.74) is 3.14. The predicted octanol–water partition coefficient (Wildman–Crippen LogP) is 5.15. The maximum absolute atomic E-state index is 6.05. The van der Waals surface area contributed by atoms with E-state index < -0.39 is 0 Å². The highest BCUT2D eigenvalue weighted by Crippen LogP contribution is 2.58. The number of ether oxygens (including phenoxy) is 1. The average molecular weight is 260 g/mol. The Morgan fingerprint density at radius 1 is 0.895 bits per heavy atom. The molecule has 0 aromatic carbocycles. The standard InChI is InChI=1S/C18H28O/c1-9-7-8-15-16(9)10(2)11(3)17-12(4)13(5)19-14(6)18(15)17/h9-11,15-17H,7-8H2,1-6H3. The molecular formula is C18H28O. The molecule has 3 rings (SSSR count). The van der Waals surface area contributed by atoms with Crippen LogP contribution in [0.25, 0.3) is 0 Å². The lowest BCUT2D eigenvalue weighted by atomic mass is 9.58. The van der Waals surface area contributed by atoms with Crippen LogP contribution in [0.1, 0.15) is 54.4 Å². The zero-order valence-corrected chi connectivity index (χ0v) is 13.3. The maximum atomic E-state index is 6.05. The van der Waals surface area contributed by atoms with Gasteiger partial charge in [0, 0.05) is 5.92 Å². The monoisotopic (exact) mass is 260 g/mol. The third-order valence-electron chi connectivity index (χ3n) is 6.49. The zero-order chi connectivity index (χ0) is 13.9. The second-order valence-corrected chi connectivity index (χ2v) is 7.29. The molecule has 1 heterocycles. The molecule has 0 amide bonds. The summed E-state index contributed by atoms with van der Waals surface area (Å²) in [7, 11) is 0. The largest absolute Gasteiger partial charge is 0.467 e. The van der Waals surface area contributed by atoms with E-state index in [1.54, 1.807) is 5.57 Å². The number of rotatable bonds is 0. The molecule has 2 saturated carbocycles. The van der Waals surface area contributed by atoms with Gasteiger partial charge in [0.2, 0.25) is 0 Å². The first-order valence-corrected chi connectivity index (χ1v) is 7.99. The summed E-state index contributed by atoms with van der Waals surface area (Å²) in [6.07, 6.45) is 2.78. The van der Waals surface area contributed by atoms with Crippen LogP contribution in [0.2, 0.25) is 0 Å². The predicted molar refractivity (Wildman–Crippen MR) is 79.4 cm³/mol. The molecule has 0 aromatic heterocycles. The van der Waals surface area contributed by atoms with E-state index >= 15 is 0 Å². The molecule has 1 aliphatic heterocycles. The molecule has 0 N–H and O–H groups in total. The second kappa shape index (κ2) is 4.40. The minimum atomic E-state index is 0.648. The van der Waals surface area contributed by atoms with Crippen molar-refractivity contribution in [1.82, 2.24) is 0 Å². The summed E-state index contributed by atoms with van der Waals surface area (Å²) in [6.45, 7) is 14.0. The van der Waals surface area contributed by atoms with E-state index in [1.807, 2.05) is 0 Å². The smallest absolute Gasteiger partial charge is 0.101 e. The summed E-state index contributed by atoms with van der Waals surface area (Å²) >= 11 is 0. The topological polar surface area (TPSA) is 9.23 Å². The fraction of sp³-hybridized carbons (Fsp3) is 0.778. The first kappa shape index (κ1) is 13.3. The van der Waals surface area contributed by atoms with Gasteiger partial charge in [-0.05, 0) is 74.3 Å². The molecule has 0 saturated heterocycles. The zero-order valence-electron chi connectivity index (χ0n) is 13.3. The van der Waals surface area contributed by atoms with Crippen molar-refractivity contribution in [3.05, 3.63) is 22.7 Å². The summed E-state index contributed by atoms with van der Waals surface area (Å²) < 4.78 is 6.05. The van der Waals surface area contributed by atoms with Crippen molar-refractivity contribution in [2.75, 3.05) is 0 Å². The Balaban J connectivity index is 2.09. The summed E-state index contributed by atoms with van der Waals surface area (Å²) in [6, 6.07) is 0. The summed E-state index contributed by atoms with van der Waals surface area (Å²) in [4.78, 5) is 0. The van der Waals surface area contributed by atoms with Crippen LogP contribution in [0.4, 0.5) is 0 Å². The Hall–Kier alpha value is -0.720. The highest BCUT2D eigenvalue weighted by Gasteiger charge is 2.50. The molecule has 1 nitrogen and oxygen atoms in total. The van der Waals surface area contributed by atoms with Gasteiger partial charge in [-0.3, -0.25) is 0 Å². The average Bonchev–Trinajstić information content (AvgIpc) is 2.73. The van der Waals surface area contributed by atoms with E-state index in [2.05, 4.69) is 41.5 Å². The van der Waals surface area contributed by atoms with Crippen molar-refractivity contribution >= 4 is 0 Å². The van der Waals surface area contributed by atoms with Gasteiger partial charge in [-0.2, -0.15) is 0 Å². The lowest BCUT2D eigenvalue weighted by molar-refractivity contribution is 0.100. The van der Waals surface area contributed by atoms with Gasteiger partial charge in [0.05, 0.1) is 5.76 Å². The number of hydrogen-bond acceptors (Lipinski definition) is 1. The molecule has 1 heteroatoms. The van der Waals surface area contributed by atoms with Crippen molar-refractivity contribution in [3.8, 4) is 0 Å². The van der Waals surface area contributed by atoms with Crippen molar-refractivity contribution in [2.24, 2.45) is 35.5 Å². The minimum Gasteiger partial charge on any atom is -0.467 e. The molecule has 3 aliphatic rings. The van der Waals surface area contributed by atoms with Crippen molar-refractivity contribution in [2.45, 2.75) is 54.4 Å². The van der Waals surface area contributed by atoms with Crippen LogP contribution in [0.5, 0.6) is 0 Å². The van der Waals surface area contributed by atoms with E-state index in [4.69, 9.17) is 4.74 Å². The van der Waals surface area contributed by atoms with Gasteiger partial charge in [-0.1, -0.05) is 20.8 Å². The molecular weight excluding hydrogens is 232 g/mol. The third-order valence-corrected chi connectivity index (χ3v) is 6.49. The fourth-order valence-electron chi connectivity index (χ4n) is 5.34. The number of fused-ring (bicyclic) bond motifs is 3. The van der Waals surface area contributed by atoms with E-state index in [0.29, 0.717) is 5.92 Å². The van der Waals surface area contributed by atoms with E-state index in [1.165, 1.54) is 24.2 Å². The molecule has 106 valence electrons. The molecule has 6 atom stereocenters. The molecule has 0 radical (unpaired) electrons. The quantitative estimate of drug-likeness (QED) is 0.585. The van der Waals surface area contributed by atoms with Crippen molar-refractivity contribution in [1.29, 1.82) is 0 Å². The Labute approximate surface area is 118 Å². The molecule has 0 spiro atoms. The highest BCUT2D eigenvalue weighted by molar-refractivity contribution is 5.34. The van der Waals surface area contributed by atoms with Gasteiger partial charge in [0.25, 0.3) is 0 Å². The molecule has 6 unspecified atom stereocenters. The van der Waals surface area contributed by atoms with Crippen LogP contribution in [-0.4, -0.2) is 0 Å². The van der Waals surface area contributed by atoms with E-state index in [-0.39, 0.29) is 0 Å². The van der Waals surface area contributed by atoms with E-state index in [9.17, 15) is 0 Å². The first-order valence-electron chi connectivity index (χ1n) is 7.99. The lowest BCUT2D eigenvalue weighted by Gasteiger charge is -2.48. The van der Waals surface area contributed by atoms with Gasteiger partial charge in [0.15, 0.2) is 0 Å². The van der Waals surface area contributed by atoms with Crippen LogP contribution in [0.3, 0.4) is 0 Å². The Morgan fingerprint density at radius 3 is 2.26 bits per heavy atom. The molecule has 19 heavy (non-hydrogen) atoms. The van der Waals surface area contributed by atoms with Crippen LogP contribution in [0.15, 0.2) is 22.7 Å². The third kappa shape index (κ3) is 1.73. The van der Waals surface area contributed by atoms with Gasteiger partial charge in [-0.25, -0.2) is 0 Å². The SMILES string of the molecule is CC1=C(C)C2C(=C(C)O1)C1CCC(C)C1C(C)C2C. The summed E-state index contributed by atoms with van der Waals surface area (Å²) in [5, 5.41) is 0. The van der Waals surface area contributed by atoms with Crippen molar-refractivity contribution < 1.29 is 4.74 Å². The van der Waals surface area contributed by atoms with Crippen LogP contribution in [0, 0.1) is 35.5 Å². The molecule has 0 aromatic rings. The number of allylic oxidation sites excluding steroid dienone is 4. The van der Waals surface area contributed by atoms with Crippen LogP contribution < -0.4 is 0 Å². The molecule has 0 bridgehead atoms. The lowest BCUT2D eigenvalue weighted by Crippen LogP contribution is -2.41. The first-order chi connectivity index (χ1) is 8.93. The Bertz CT molecular complexity index is 456.